The molecule has 0 fully saturated rings. The van der Waals surface area contributed by atoms with Crippen molar-refractivity contribution in [2.45, 2.75) is 19.8 Å². The van der Waals surface area contributed by atoms with E-state index in [1.807, 2.05) is 31.3 Å². The highest BCUT2D eigenvalue weighted by molar-refractivity contribution is 5.68. The Morgan fingerprint density at radius 2 is 1.85 bits per heavy atom. The largest absolute Gasteiger partial charge is 0.481 e. The zero-order valence-electron chi connectivity index (χ0n) is 11.8. The molecule has 3 heteroatoms. The van der Waals surface area contributed by atoms with Crippen LogP contribution < -0.4 is 4.90 Å². The van der Waals surface area contributed by atoms with Gasteiger partial charge in [0.25, 0.3) is 0 Å². The lowest BCUT2D eigenvalue weighted by atomic mass is 10.0. The van der Waals surface area contributed by atoms with Gasteiger partial charge in [0, 0.05) is 24.8 Å². The summed E-state index contributed by atoms with van der Waals surface area (Å²) in [6.07, 6.45) is 0.749. The molecule has 0 atom stereocenters. The average molecular weight is 269 g/mol. The van der Waals surface area contributed by atoms with E-state index in [-0.39, 0.29) is 6.42 Å². The molecule has 20 heavy (non-hydrogen) atoms. The van der Waals surface area contributed by atoms with Gasteiger partial charge in [-0.3, -0.25) is 4.79 Å². The lowest BCUT2D eigenvalue weighted by molar-refractivity contribution is -0.136. The number of aryl methyl sites for hydroxylation is 2. The molecule has 0 saturated heterocycles. The molecule has 104 valence electrons. The minimum absolute atomic E-state index is 0.174. The molecule has 0 spiro atoms. The Kier molecular flexibility index (Phi) is 4.41. The molecule has 0 heterocycles. The average Bonchev–Trinajstić information content (AvgIpc) is 2.45. The zero-order chi connectivity index (χ0) is 14.5. The Morgan fingerprint density at radius 3 is 2.45 bits per heavy atom. The summed E-state index contributed by atoms with van der Waals surface area (Å²) < 4.78 is 0. The maximum Gasteiger partial charge on any atom is 0.303 e. The number of aliphatic carboxylic acids is 1. The third kappa shape index (κ3) is 3.38. The molecule has 1 N–H and O–H groups in total. The number of nitrogens with zero attached hydrogens (tertiary/aromatic N) is 1. The molecular weight excluding hydrogens is 250 g/mol. The number of hydrogen-bond acceptors (Lipinski definition) is 2. The first-order valence-corrected chi connectivity index (χ1v) is 6.68. The van der Waals surface area contributed by atoms with E-state index in [0.29, 0.717) is 6.42 Å². The molecule has 0 radical (unpaired) electrons. The van der Waals surface area contributed by atoms with Crippen LogP contribution in [0.2, 0.25) is 0 Å². The van der Waals surface area contributed by atoms with E-state index in [1.54, 1.807) is 0 Å². The lowest BCUT2D eigenvalue weighted by Gasteiger charge is -2.22. The summed E-state index contributed by atoms with van der Waals surface area (Å²) >= 11 is 0. The van der Waals surface area contributed by atoms with Crippen LogP contribution in [0.4, 0.5) is 11.4 Å². The molecule has 0 aliphatic rings. The standard InChI is InChI=1S/C17H19NO2/c1-13-12-14(9-11-17(19)20)8-10-16(13)18(2)15-6-4-3-5-7-15/h3-8,10,12H,9,11H2,1-2H3,(H,19,20). The van der Waals surface area contributed by atoms with Gasteiger partial charge in [-0.05, 0) is 42.7 Å². The van der Waals surface area contributed by atoms with Gasteiger partial charge in [-0.1, -0.05) is 30.3 Å². The van der Waals surface area contributed by atoms with Crippen molar-refractivity contribution in [3.8, 4) is 0 Å². The van der Waals surface area contributed by atoms with Crippen LogP contribution in [0.1, 0.15) is 17.5 Å². The number of rotatable bonds is 5. The lowest BCUT2D eigenvalue weighted by Crippen LogP contribution is -2.11. The van der Waals surface area contributed by atoms with Crippen molar-refractivity contribution in [1.82, 2.24) is 0 Å². The Morgan fingerprint density at radius 1 is 1.15 bits per heavy atom. The summed E-state index contributed by atoms with van der Waals surface area (Å²) in [5.74, 6) is -0.756. The van der Waals surface area contributed by atoms with Crippen LogP contribution in [0.3, 0.4) is 0 Å². The van der Waals surface area contributed by atoms with Crippen molar-refractivity contribution in [3.63, 3.8) is 0 Å². The Hall–Kier alpha value is -2.29. The summed E-state index contributed by atoms with van der Waals surface area (Å²) in [6, 6.07) is 16.3. The topological polar surface area (TPSA) is 40.5 Å². The SMILES string of the molecule is Cc1cc(CCC(=O)O)ccc1N(C)c1ccccc1. The van der Waals surface area contributed by atoms with Crippen LogP contribution in [-0.4, -0.2) is 18.1 Å². The first-order chi connectivity index (χ1) is 9.58. The molecule has 2 aromatic carbocycles. The first kappa shape index (κ1) is 14.1. The fourth-order valence-corrected chi connectivity index (χ4v) is 2.29. The van der Waals surface area contributed by atoms with Crippen LogP contribution >= 0.6 is 0 Å². The minimum atomic E-state index is -0.756. The molecule has 2 aromatic rings. The second-order valence-electron chi connectivity index (χ2n) is 4.91. The second kappa shape index (κ2) is 6.24. The molecule has 0 amide bonds. The van der Waals surface area contributed by atoms with Crippen molar-refractivity contribution >= 4 is 17.3 Å². The third-order valence-corrected chi connectivity index (χ3v) is 3.39. The minimum Gasteiger partial charge on any atom is -0.481 e. The smallest absolute Gasteiger partial charge is 0.303 e. The fourth-order valence-electron chi connectivity index (χ4n) is 2.29. The Balaban J connectivity index is 2.19. The van der Waals surface area contributed by atoms with E-state index in [4.69, 9.17) is 5.11 Å². The number of carboxylic acid groups (broad SMARTS) is 1. The van der Waals surface area contributed by atoms with E-state index in [1.165, 1.54) is 0 Å². The van der Waals surface area contributed by atoms with Crippen LogP contribution in [0.5, 0.6) is 0 Å². The monoisotopic (exact) mass is 269 g/mol. The molecule has 0 saturated carbocycles. The normalized spacial score (nSPS) is 10.3. The van der Waals surface area contributed by atoms with E-state index in [0.717, 1.165) is 22.5 Å². The number of benzene rings is 2. The Labute approximate surface area is 119 Å². The summed E-state index contributed by atoms with van der Waals surface area (Å²) in [5.41, 5.74) is 4.48. The van der Waals surface area contributed by atoms with Gasteiger partial charge in [-0.2, -0.15) is 0 Å². The number of para-hydroxylation sites is 1. The van der Waals surface area contributed by atoms with Crippen molar-refractivity contribution in [2.24, 2.45) is 0 Å². The predicted molar refractivity (Wildman–Crippen MR) is 81.6 cm³/mol. The number of carboxylic acids is 1. The second-order valence-corrected chi connectivity index (χ2v) is 4.91. The quantitative estimate of drug-likeness (QED) is 0.898. The zero-order valence-corrected chi connectivity index (χ0v) is 11.8. The molecule has 0 unspecified atom stereocenters. The third-order valence-electron chi connectivity index (χ3n) is 3.39. The van der Waals surface area contributed by atoms with Gasteiger partial charge in [0.2, 0.25) is 0 Å². The molecule has 0 aliphatic carbocycles. The van der Waals surface area contributed by atoms with E-state index < -0.39 is 5.97 Å². The first-order valence-electron chi connectivity index (χ1n) is 6.68. The van der Waals surface area contributed by atoms with E-state index in [2.05, 4.69) is 36.1 Å². The van der Waals surface area contributed by atoms with Crippen molar-refractivity contribution in [1.29, 1.82) is 0 Å². The summed E-state index contributed by atoms with van der Waals surface area (Å²) in [5, 5.41) is 8.73. The van der Waals surface area contributed by atoms with Crippen LogP contribution in [0.25, 0.3) is 0 Å². The fraction of sp³-hybridized carbons (Fsp3) is 0.235. The maximum atomic E-state index is 10.6. The number of hydrogen-bond donors (Lipinski definition) is 1. The Bertz CT molecular complexity index is 593. The van der Waals surface area contributed by atoms with Crippen molar-refractivity contribution in [3.05, 3.63) is 59.7 Å². The van der Waals surface area contributed by atoms with Crippen LogP contribution in [0, 0.1) is 6.92 Å². The maximum absolute atomic E-state index is 10.6. The van der Waals surface area contributed by atoms with Gasteiger partial charge >= 0.3 is 5.97 Å². The van der Waals surface area contributed by atoms with Crippen molar-refractivity contribution in [2.75, 3.05) is 11.9 Å². The molecule has 0 bridgehead atoms. The van der Waals surface area contributed by atoms with E-state index in [9.17, 15) is 4.79 Å². The van der Waals surface area contributed by atoms with Crippen LogP contribution in [-0.2, 0) is 11.2 Å². The highest BCUT2D eigenvalue weighted by atomic mass is 16.4. The number of carbonyl (C=O) groups is 1. The molecular formula is C17H19NO2. The highest BCUT2D eigenvalue weighted by Crippen LogP contribution is 2.27. The summed E-state index contributed by atoms with van der Waals surface area (Å²) in [7, 11) is 2.04. The van der Waals surface area contributed by atoms with E-state index >= 15 is 0 Å². The van der Waals surface area contributed by atoms with Gasteiger partial charge in [-0.25, -0.2) is 0 Å². The van der Waals surface area contributed by atoms with Gasteiger partial charge in [-0.15, -0.1) is 0 Å². The van der Waals surface area contributed by atoms with Crippen LogP contribution in [0.15, 0.2) is 48.5 Å². The molecule has 2 rings (SSSR count). The van der Waals surface area contributed by atoms with Gasteiger partial charge < -0.3 is 10.0 Å². The van der Waals surface area contributed by atoms with Crippen molar-refractivity contribution < 1.29 is 9.90 Å². The van der Waals surface area contributed by atoms with Gasteiger partial charge in [0.05, 0.1) is 0 Å². The predicted octanol–water partition coefficient (Wildman–Crippen LogP) is 3.78. The molecule has 3 nitrogen and oxygen atoms in total. The van der Waals surface area contributed by atoms with Gasteiger partial charge in [0.1, 0.15) is 0 Å². The highest BCUT2D eigenvalue weighted by Gasteiger charge is 2.08. The molecule has 0 aliphatic heterocycles. The van der Waals surface area contributed by atoms with Gasteiger partial charge in [0.15, 0.2) is 0 Å². The number of anilines is 2. The summed E-state index contributed by atoms with van der Waals surface area (Å²) in [4.78, 5) is 12.7. The molecule has 0 aromatic heterocycles. The summed E-state index contributed by atoms with van der Waals surface area (Å²) in [6.45, 7) is 2.05.